The van der Waals surface area contributed by atoms with Gasteiger partial charge in [0.25, 0.3) is 0 Å². The van der Waals surface area contributed by atoms with Crippen molar-refractivity contribution < 1.29 is 13.6 Å². The Morgan fingerprint density at radius 3 is 2.35 bits per heavy atom. The van der Waals surface area contributed by atoms with Crippen LogP contribution in [0.2, 0.25) is 0 Å². The molecule has 1 aromatic heterocycles. The molecule has 3 aromatic rings. The van der Waals surface area contributed by atoms with Crippen LogP contribution in [0.15, 0.2) is 47.8 Å². The second kappa shape index (κ2) is 7.61. The van der Waals surface area contributed by atoms with Crippen LogP contribution < -0.4 is 10.6 Å². The van der Waals surface area contributed by atoms with Crippen LogP contribution in [-0.4, -0.2) is 16.9 Å². The number of benzene rings is 2. The Kier molecular flexibility index (Phi) is 5.27. The van der Waals surface area contributed by atoms with Gasteiger partial charge < -0.3 is 10.6 Å². The number of hydrogen-bond donors (Lipinski definition) is 2. The van der Waals surface area contributed by atoms with Gasteiger partial charge in [-0.25, -0.2) is 13.8 Å². The number of hydrogen-bond acceptors (Lipinski definition) is 4. The molecule has 0 saturated carbocycles. The molecule has 134 valence electrons. The molecular weight excluding hydrogens is 356 g/mol. The zero-order chi connectivity index (χ0) is 18.7. The lowest BCUT2D eigenvalue weighted by atomic mass is 10.1. The number of halogens is 2. The Hall–Kier alpha value is -2.80. The molecule has 7 heteroatoms. The molecule has 1 amide bonds. The number of aromatic nitrogens is 1. The molecule has 0 spiro atoms. The van der Waals surface area contributed by atoms with Gasteiger partial charge in [-0.1, -0.05) is 18.2 Å². The Morgan fingerprint density at radius 2 is 1.77 bits per heavy atom. The minimum Gasteiger partial charge on any atom is -0.374 e. The number of carbonyl (C=O) groups excluding carboxylic acids is 1. The van der Waals surface area contributed by atoms with E-state index in [1.165, 1.54) is 6.07 Å². The van der Waals surface area contributed by atoms with Gasteiger partial charge in [-0.3, -0.25) is 4.79 Å². The Morgan fingerprint density at radius 1 is 1.12 bits per heavy atom. The summed E-state index contributed by atoms with van der Waals surface area (Å²) in [6.45, 7) is 3.56. The predicted molar refractivity (Wildman–Crippen MR) is 100 cm³/mol. The van der Waals surface area contributed by atoms with Gasteiger partial charge in [-0.15, -0.1) is 11.3 Å². The Bertz CT molecular complexity index is 905. The van der Waals surface area contributed by atoms with Crippen molar-refractivity contribution in [3.8, 4) is 11.3 Å². The Labute approximate surface area is 153 Å². The lowest BCUT2D eigenvalue weighted by Crippen LogP contribution is -2.32. The summed E-state index contributed by atoms with van der Waals surface area (Å²) in [6, 6.07) is 10.2. The third-order valence-corrected chi connectivity index (χ3v) is 4.56. The van der Waals surface area contributed by atoms with Crippen LogP contribution in [0.25, 0.3) is 11.3 Å². The highest BCUT2D eigenvalue weighted by Gasteiger charge is 2.17. The molecule has 0 aliphatic rings. The fraction of sp³-hybridized carbons (Fsp3) is 0.158. The number of aryl methyl sites for hydroxylation is 1. The van der Waals surface area contributed by atoms with E-state index in [4.69, 9.17) is 0 Å². The molecule has 0 bridgehead atoms. The third kappa shape index (κ3) is 4.05. The van der Waals surface area contributed by atoms with Crippen molar-refractivity contribution in [3.63, 3.8) is 0 Å². The largest absolute Gasteiger partial charge is 0.374 e. The van der Waals surface area contributed by atoms with Crippen molar-refractivity contribution in [2.24, 2.45) is 0 Å². The molecule has 3 rings (SSSR count). The van der Waals surface area contributed by atoms with Crippen LogP contribution in [0, 0.1) is 18.6 Å². The summed E-state index contributed by atoms with van der Waals surface area (Å²) >= 11 is 1.58. The molecular formula is C19H17F2N3OS. The topological polar surface area (TPSA) is 54.0 Å². The number of para-hydroxylation sites is 1. The van der Waals surface area contributed by atoms with Crippen molar-refractivity contribution in [3.05, 3.63) is 64.5 Å². The molecule has 0 unspecified atom stereocenters. The van der Waals surface area contributed by atoms with Crippen molar-refractivity contribution in [2.75, 3.05) is 10.6 Å². The maximum atomic E-state index is 13.6. The molecule has 0 aliphatic heterocycles. The first-order valence-corrected chi connectivity index (χ1v) is 8.86. The molecule has 0 saturated heterocycles. The Balaban J connectivity index is 1.65. The van der Waals surface area contributed by atoms with E-state index in [1.54, 1.807) is 18.3 Å². The minimum atomic E-state index is -0.812. The van der Waals surface area contributed by atoms with Crippen molar-refractivity contribution in [2.45, 2.75) is 19.9 Å². The van der Waals surface area contributed by atoms with Gasteiger partial charge in [0, 0.05) is 16.6 Å². The number of rotatable bonds is 5. The fourth-order valence-electron chi connectivity index (χ4n) is 2.40. The predicted octanol–water partition coefficient (Wildman–Crippen LogP) is 4.84. The third-order valence-electron chi connectivity index (χ3n) is 3.79. The van der Waals surface area contributed by atoms with Gasteiger partial charge in [-0.2, -0.15) is 0 Å². The van der Waals surface area contributed by atoms with Crippen LogP contribution in [0.1, 0.15) is 11.9 Å². The van der Waals surface area contributed by atoms with Gasteiger partial charge in [0.1, 0.15) is 23.4 Å². The molecule has 4 nitrogen and oxygen atoms in total. The van der Waals surface area contributed by atoms with Crippen molar-refractivity contribution >= 4 is 28.6 Å². The highest BCUT2D eigenvalue weighted by atomic mass is 32.1. The highest BCUT2D eigenvalue weighted by molar-refractivity contribution is 7.09. The molecule has 0 radical (unpaired) electrons. The first-order valence-electron chi connectivity index (χ1n) is 7.98. The molecule has 2 aromatic carbocycles. The fourth-order valence-corrected chi connectivity index (χ4v) is 3.02. The normalized spacial score (nSPS) is 11.8. The van der Waals surface area contributed by atoms with E-state index in [0.717, 1.165) is 34.1 Å². The molecule has 2 N–H and O–H groups in total. The SMILES string of the molecule is Cc1nc(-c2ccc(N[C@H](C)C(=O)Nc3c(F)cccc3F)cc2)cs1. The monoisotopic (exact) mass is 373 g/mol. The van der Waals surface area contributed by atoms with Crippen LogP contribution in [0.4, 0.5) is 20.2 Å². The van der Waals surface area contributed by atoms with Crippen LogP contribution in [0.3, 0.4) is 0 Å². The molecule has 0 fully saturated rings. The molecule has 1 heterocycles. The average molecular weight is 373 g/mol. The van der Waals surface area contributed by atoms with Gasteiger partial charge in [0.2, 0.25) is 5.91 Å². The van der Waals surface area contributed by atoms with Gasteiger partial charge >= 0.3 is 0 Å². The van der Waals surface area contributed by atoms with E-state index in [9.17, 15) is 13.6 Å². The summed E-state index contributed by atoms with van der Waals surface area (Å²) in [5.41, 5.74) is 2.16. The van der Waals surface area contributed by atoms with E-state index in [1.807, 2.05) is 36.6 Å². The molecule has 0 aliphatic carbocycles. The number of amides is 1. The summed E-state index contributed by atoms with van der Waals surface area (Å²) in [4.78, 5) is 16.6. The van der Waals surface area contributed by atoms with Crippen molar-refractivity contribution in [1.29, 1.82) is 0 Å². The van der Waals surface area contributed by atoms with E-state index < -0.39 is 29.3 Å². The molecule has 26 heavy (non-hydrogen) atoms. The maximum Gasteiger partial charge on any atom is 0.246 e. The molecule has 1 atom stereocenters. The maximum absolute atomic E-state index is 13.6. The second-order valence-electron chi connectivity index (χ2n) is 5.78. The lowest BCUT2D eigenvalue weighted by Gasteiger charge is -2.16. The minimum absolute atomic E-state index is 0.444. The van der Waals surface area contributed by atoms with Gasteiger partial charge in [0.15, 0.2) is 0 Å². The van der Waals surface area contributed by atoms with Gasteiger partial charge in [-0.05, 0) is 38.1 Å². The zero-order valence-corrected chi connectivity index (χ0v) is 15.0. The first-order chi connectivity index (χ1) is 12.4. The number of carbonyl (C=O) groups is 1. The van der Waals surface area contributed by atoms with Crippen LogP contribution in [0.5, 0.6) is 0 Å². The van der Waals surface area contributed by atoms with E-state index in [0.29, 0.717) is 0 Å². The zero-order valence-electron chi connectivity index (χ0n) is 14.2. The van der Waals surface area contributed by atoms with E-state index in [2.05, 4.69) is 15.6 Å². The average Bonchev–Trinajstić information content (AvgIpc) is 3.05. The first kappa shape index (κ1) is 18.0. The summed E-state index contributed by atoms with van der Waals surface area (Å²) < 4.78 is 27.3. The second-order valence-corrected chi connectivity index (χ2v) is 6.84. The summed E-state index contributed by atoms with van der Waals surface area (Å²) in [5.74, 6) is -2.16. The number of anilines is 2. The summed E-state index contributed by atoms with van der Waals surface area (Å²) in [7, 11) is 0. The van der Waals surface area contributed by atoms with Crippen LogP contribution >= 0.6 is 11.3 Å². The number of nitrogens with zero attached hydrogens (tertiary/aromatic N) is 1. The standard InChI is InChI=1S/C19H17F2N3OS/c1-11(19(25)24-18-15(20)4-3-5-16(18)21)22-14-8-6-13(7-9-14)17-10-26-12(2)23-17/h3-11,22H,1-2H3,(H,24,25)/t11-/m1/s1. The summed E-state index contributed by atoms with van der Waals surface area (Å²) in [6.07, 6.45) is 0. The highest BCUT2D eigenvalue weighted by Crippen LogP contribution is 2.23. The van der Waals surface area contributed by atoms with Crippen molar-refractivity contribution in [1.82, 2.24) is 4.98 Å². The van der Waals surface area contributed by atoms with E-state index in [-0.39, 0.29) is 0 Å². The van der Waals surface area contributed by atoms with Gasteiger partial charge in [0.05, 0.1) is 10.7 Å². The number of thiazole rings is 1. The lowest BCUT2D eigenvalue weighted by molar-refractivity contribution is -0.116. The van der Waals surface area contributed by atoms with Crippen LogP contribution in [-0.2, 0) is 4.79 Å². The smallest absolute Gasteiger partial charge is 0.246 e. The summed E-state index contributed by atoms with van der Waals surface area (Å²) in [5, 5.41) is 8.26. The number of nitrogens with one attached hydrogen (secondary N) is 2. The quantitative estimate of drug-likeness (QED) is 0.673. The van der Waals surface area contributed by atoms with E-state index >= 15 is 0 Å².